The molecule has 10 heteroatoms. The van der Waals surface area contributed by atoms with Gasteiger partial charge in [-0.25, -0.2) is 9.78 Å². The summed E-state index contributed by atoms with van der Waals surface area (Å²) in [6, 6.07) is 1.85. The summed E-state index contributed by atoms with van der Waals surface area (Å²) in [6.45, 7) is 4.99. The molecule has 3 heterocycles. The van der Waals surface area contributed by atoms with Gasteiger partial charge in [0.15, 0.2) is 0 Å². The van der Waals surface area contributed by atoms with Gasteiger partial charge in [0.1, 0.15) is 11.4 Å². The second-order valence-electron chi connectivity index (χ2n) is 5.86. The number of carboxylic acid groups (broad SMARTS) is 1. The van der Waals surface area contributed by atoms with Crippen molar-refractivity contribution >= 4 is 33.8 Å². The lowest BCUT2D eigenvalue weighted by Crippen LogP contribution is -2.50. The Kier molecular flexibility index (Phi) is 4.73. The number of hydrogen-bond acceptors (Lipinski definition) is 7. The van der Waals surface area contributed by atoms with E-state index in [1.807, 2.05) is 19.9 Å². The Morgan fingerprint density at radius 3 is 2.60 bits per heavy atom. The number of hydroxylamine groups is 2. The van der Waals surface area contributed by atoms with Gasteiger partial charge in [-0.15, -0.1) is 5.06 Å². The third kappa shape index (κ3) is 3.64. The summed E-state index contributed by atoms with van der Waals surface area (Å²) in [5, 5.41) is 10.4. The van der Waals surface area contributed by atoms with Crippen LogP contribution in [0.5, 0.6) is 0 Å². The Morgan fingerprint density at radius 1 is 1.28 bits per heavy atom. The molecule has 1 amide bonds. The van der Waals surface area contributed by atoms with Crippen LogP contribution in [0.4, 0.5) is 4.79 Å². The van der Waals surface area contributed by atoms with E-state index < -0.39 is 6.16 Å². The monoisotopic (exact) mass is 366 g/mol. The highest BCUT2D eigenvalue weighted by Gasteiger charge is 2.24. The van der Waals surface area contributed by atoms with Crippen molar-refractivity contribution in [1.29, 1.82) is 0 Å². The Hall–Kier alpha value is -2.46. The van der Waals surface area contributed by atoms with Crippen molar-refractivity contribution in [3.05, 3.63) is 27.7 Å². The number of aromatic nitrogens is 2. The highest BCUT2D eigenvalue weighted by Crippen LogP contribution is 2.19. The Bertz CT molecular complexity index is 882. The largest absolute Gasteiger partial charge is 0.525 e. The number of aryl methyl sites for hydroxylation is 2. The molecule has 9 nitrogen and oxygen atoms in total. The molecule has 0 aromatic carbocycles. The van der Waals surface area contributed by atoms with Gasteiger partial charge in [0.05, 0.1) is 18.5 Å². The van der Waals surface area contributed by atoms with Crippen molar-refractivity contribution in [3.63, 3.8) is 0 Å². The fraction of sp³-hybridized carbons (Fsp3) is 0.467. The quantitative estimate of drug-likeness (QED) is 0.858. The molecule has 1 aliphatic heterocycles. The Morgan fingerprint density at radius 2 is 1.96 bits per heavy atom. The number of nitrogens with zero attached hydrogens (tertiary/aromatic N) is 4. The predicted molar refractivity (Wildman–Crippen MR) is 90.6 cm³/mol. The van der Waals surface area contributed by atoms with E-state index in [9.17, 15) is 14.4 Å². The van der Waals surface area contributed by atoms with Crippen molar-refractivity contribution in [1.82, 2.24) is 18.9 Å². The summed E-state index contributed by atoms with van der Waals surface area (Å²) in [6.07, 6.45) is -1.37. The van der Waals surface area contributed by atoms with Crippen molar-refractivity contribution in [2.45, 2.75) is 20.4 Å². The minimum absolute atomic E-state index is 0.0435. The average Bonchev–Trinajstić information content (AvgIpc) is 2.83. The van der Waals surface area contributed by atoms with E-state index in [-0.39, 0.29) is 18.0 Å². The smallest absolute Gasteiger partial charge is 0.448 e. The zero-order valence-corrected chi connectivity index (χ0v) is 14.7. The van der Waals surface area contributed by atoms with Crippen LogP contribution in [0.3, 0.4) is 0 Å². The van der Waals surface area contributed by atoms with Crippen molar-refractivity contribution < 1.29 is 19.5 Å². The first kappa shape index (κ1) is 17.4. The van der Waals surface area contributed by atoms with Gasteiger partial charge in [-0.05, 0) is 37.0 Å². The van der Waals surface area contributed by atoms with Crippen LogP contribution in [-0.2, 0) is 16.2 Å². The molecule has 1 aliphatic rings. The SMILES string of the molecule is Cc1cc(C)c2c(=O)n(CC(=O)N3CCN(OC(=O)O)CC3)sc2n1. The van der Waals surface area contributed by atoms with Gasteiger partial charge in [0.25, 0.3) is 5.56 Å². The highest BCUT2D eigenvalue weighted by molar-refractivity contribution is 7.13. The predicted octanol–water partition coefficient (Wildman–Crippen LogP) is 0.829. The standard InChI is InChI=1S/C15H18N4O5S/c1-9-7-10(2)16-13-12(9)14(21)19(25-13)8-11(20)17-3-5-18(6-4-17)24-15(22)23/h7H,3-6,8H2,1-2H3,(H,22,23). The van der Waals surface area contributed by atoms with Gasteiger partial charge in [-0.1, -0.05) is 0 Å². The van der Waals surface area contributed by atoms with Crippen LogP contribution >= 0.6 is 11.5 Å². The summed E-state index contributed by atoms with van der Waals surface area (Å²) in [4.78, 5) is 46.7. The number of fused-ring (bicyclic) bond motifs is 1. The van der Waals surface area contributed by atoms with Crippen molar-refractivity contribution in [2.24, 2.45) is 0 Å². The zero-order valence-electron chi connectivity index (χ0n) is 13.9. The van der Waals surface area contributed by atoms with E-state index in [1.54, 1.807) is 4.90 Å². The number of piperazine rings is 1. The molecule has 3 rings (SSSR count). The van der Waals surface area contributed by atoms with Crippen molar-refractivity contribution in [2.75, 3.05) is 26.2 Å². The third-order valence-electron chi connectivity index (χ3n) is 4.03. The molecule has 2 aromatic heterocycles. The van der Waals surface area contributed by atoms with Crippen LogP contribution in [0.2, 0.25) is 0 Å². The van der Waals surface area contributed by atoms with Gasteiger partial charge in [-0.3, -0.25) is 13.5 Å². The first-order chi connectivity index (χ1) is 11.8. The van der Waals surface area contributed by atoms with Crippen LogP contribution in [-0.4, -0.2) is 62.3 Å². The Labute approximate surface area is 147 Å². The first-order valence-corrected chi connectivity index (χ1v) is 8.54. The van der Waals surface area contributed by atoms with Crippen LogP contribution < -0.4 is 5.56 Å². The number of amides is 1. The molecule has 25 heavy (non-hydrogen) atoms. The summed E-state index contributed by atoms with van der Waals surface area (Å²) in [5.74, 6) is -0.182. The van der Waals surface area contributed by atoms with E-state index in [1.165, 1.54) is 20.6 Å². The summed E-state index contributed by atoms with van der Waals surface area (Å²) >= 11 is 1.19. The maximum atomic E-state index is 12.5. The Balaban J connectivity index is 1.71. The number of hydrogen-bond donors (Lipinski definition) is 1. The van der Waals surface area contributed by atoms with Gasteiger partial charge in [0, 0.05) is 18.8 Å². The molecule has 1 fully saturated rings. The number of rotatable bonds is 3. The second kappa shape index (κ2) is 6.81. The van der Waals surface area contributed by atoms with Crippen LogP contribution in [0.25, 0.3) is 10.2 Å². The summed E-state index contributed by atoms with van der Waals surface area (Å²) < 4.78 is 1.42. The molecule has 0 saturated carbocycles. The van der Waals surface area contributed by atoms with E-state index in [0.717, 1.165) is 11.3 Å². The van der Waals surface area contributed by atoms with Crippen molar-refractivity contribution in [3.8, 4) is 0 Å². The van der Waals surface area contributed by atoms with Gasteiger partial charge in [-0.2, -0.15) is 0 Å². The first-order valence-electron chi connectivity index (χ1n) is 7.77. The van der Waals surface area contributed by atoms with E-state index >= 15 is 0 Å². The molecule has 0 radical (unpaired) electrons. The van der Waals surface area contributed by atoms with Crippen LogP contribution in [0.1, 0.15) is 11.3 Å². The van der Waals surface area contributed by atoms with Crippen LogP contribution in [0.15, 0.2) is 10.9 Å². The van der Waals surface area contributed by atoms with Gasteiger partial charge < -0.3 is 14.8 Å². The molecule has 0 bridgehead atoms. The van der Waals surface area contributed by atoms with E-state index in [2.05, 4.69) is 9.82 Å². The number of carbonyl (C=O) groups is 2. The topological polar surface area (TPSA) is 105 Å². The third-order valence-corrected chi connectivity index (χ3v) is 5.01. The molecule has 0 atom stereocenters. The molecule has 0 spiro atoms. The lowest BCUT2D eigenvalue weighted by atomic mass is 10.2. The summed E-state index contributed by atoms with van der Waals surface area (Å²) in [5.41, 5.74) is 1.49. The number of carbonyl (C=O) groups excluding carboxylic acids is 1. The van der Waals surface area contributed by atoms with Gasteiger partial charge >= 0.3 is 6.16 Å². The minimum atomic E-state index is -1.37. The lowest BCUT2D eigenvalue weighted by molar-refractivity contribution is -0.153. The normalized spacial score (nSPS) is 15.5. The molecule has 1 N–H and O–H groups in total. The zero-order chi connectivity index (χ0) is 18.1. The fourth-order valence-electron chi connectivity index (χ4n) is 2.87. The molecular formula is C15H18N4O5S. The second-order valence-corrected chi connectivity index (χ2v) is 6.87. The maximum Gasteiger partial charge on any atom is 0.525 e. The van der Waals surface area contributed by atoms with Crippen LogP contribution in [0, 0.1) is 13.8 Å². The van der Waals surface area contributed by atoms with E-state index in [0.29, 0.717) is 36.4 Å². The molecular weight excluding hydrogens is 348 g/mol. The van der Waals surface area contributed by atoms with E-state index in [4.69, 9.17) is 5.11 Å². The average molecular weight is 366 g/mol. The molecule has 134 valence electrons. The molecule has 2 aromatic rings. The fourth-order valence-corrected chi connectivity index (χ4v) is 3.95. The highest BCUT2D eigenvalue weighted by atomic mass is 32.1. The summed E-state index contributed by atoms with van der Waals surface area (Å²) in [7, 11) is 0. The minimum Gasteiger partial charge on any atom is -0.448 e. The number of pyridine rings is 1. The molecule has 1 saturated heterocycles. The molecule has 0 aliphatic carbocycles. The lowest BCUT2D eigenvalue weighted by Gasteiger charge is -2.32. The maximum absolute atomic E-state index is 12.5. The van der Waals surface area contributed by atoms with Gasteiger partial charge in [0.2, 0.25) is 5.91 Å². The molecule has 0 unspecified atom stereocenters.